The summed E-state index contributed by atoms with van der Waals surface area (Å²) in [5, 5.41) is 18.5. The predicted molar refractivity (Wildman–Crippen MR) is 60.1 cm³/mol. The largest absolute Gasteiger partial charge is 0.481 e. The number of aliphatic hydroxyl groups excluding tert-OH is 1. The van der Waals surface area contributed by atoms with Gasteiger partial charge in [0.2, 0.25) is 0 Å². The van der Waals surface area contributed by atoms with Crippen molar-refractivity contribution in [2.75, 3.05) is 20.1 Å². The molecule has 1 aliphatic heterocycles. The first-order valence-corrected chi connectivity index (χ1v) is 6.14. The number of aliphatic carboxylic acids is 1. The fraction of sp³-hybridized carbons (Fsp3) is 0.917. The topological polar surface area (TPSA) is 60.8 Å². The minimum absolute atomic E-state index is 0.162. The summed E-state index contributed by atoms with van der Waals surface area (Å²) in [5.74, 6) is 0.798. The van der Waals surface area contributed by atoms with Crippen LogP contribution in [-0.2, 0) is 4.79 Å². The SMILES string of the molecule is CN1CC2CC(O)CC(C1)C2CCC(=O)O. The van der Waals surface area contributed by atoms with Gasteiger partial charge in [-0.2, -0.15) is 0 Å². The van der Waals surface area contributed by atoms with Crippen molar-refractivity contribution in [2.24, 2.45) is 17.8 Å². The molecule has 2 N–H and O–H groups in total. The molecule has 4 nitrogen and oxygen atoms in total. The van der Waals surface area contributed by atoms with Crippen LogP contribution in [-0.4, -0.2) is 47.3 Å². The van der Waals surface area contributed by atoms with E-state index in [1.165, 1.54) is 0 Å². The van der Waals surface area contributed by atoms with E-state index in [2.05, 4.69) is 11.9 Å². The van der Waals surface area contributed by atoms with Gasteiger partial charge in [0.1, 0.15) is 0 Å². The van der Waals surface area contributed by atoms with E-state index in [0.717, 1.165) is 32.4 Å². The fourth-order valence-corrected chi connectivity index (χ4v) is 3.59. The van der Waals surface area contributed by atoms with Gasteiger partial charge in [0.25, 0.3) is 0 Å². The van der Waals surface area contributed by atoms with Gasteiger partial charge in [-0.25, -0.2) is 0 Å². The molecule has 0 radical (unpaired) electrons. The lowest BCUT2D eigenvalue weighted by molar-refractivity contribution is -0.138. The molecular weight excluding hydrogens is 206 g/mol. The van der Waals surface area contributed by atoms with Crippen LogP contribution in [0.15, 0.2) is 0 Å². The number of fused-ring (bicyclic) bond motifs is 2. The van der Waals surface area contributed by atoms with Crippen molar-refractivity contribution in [3.8, 4) is 0 Å². The molecule has 92 valence electrons. The molecule has 16 heavy (non-hydrogen) atoms. The van der Waals surface area contributed by atoms with E-state index in [9.17, 15) is 9.90 Å². The Hall–Kier alpha value is -0.610. The summed E-state index contributed by atoms with van der Waals surface area (Å²) >= 11 is 0. The average Bonchev–Trinajstić information content (AvgIpc) is 2.13. The van der Waals surface area contributed by atoms with Crippen LogP contribution in [0.2, 0.25) is 0 Å². The number of nitrogens with zero attached hydrogens (tertiary/aromatic N) is 1. The van der Waals surface area contributed by atoms with E-state index in [4.69, 9.17) is 5.11 Å². The third-order valence-electron chi connectivity index (χ3n) is 4.14. The van der Waals surface area contributed by atoms with Crippen LogP contribution < -0.4 is 0 Å². The molecule has 0 amide bonds. The van der Waals surface area contributed by atoms with E-state index >= 15 is 0 Å². The summed E-state index contributed by atoms with van der Waals surface area (Å²) in [6.45, 7) is 2.02. The number of likely N-dealkylation sites (tertiary alicyclic amines) is 1. The molecule has 2 bridgehead atoms. The monoisotopic (exact) mass is 227 g/mol. The van der Waals surface area contributed by atoms with Crippen LogP contribution in [0.25, 0.3) is 0 Å². The quantitative estimate of drug-likeness (QED) is 0.748. The Morgan fingerprint density at radius 1 is 1.31 bits per heavy atom. The zero-order chi connectivity index (χ0) is 11.7. The van der Waals surface area contributed by atoms with Gasteiger partial charge >= 0.3 is 5.97 Å². The lowest BCUT2D eigenvalue weighted by Gasteiger charge is -2.48. The van der Waals surface area contributed by atoms with E-state index in [1.54, 1.807) is 0 Å². The summed E-state index contributed by atoms with van der Waals surface area (Å²) in [4.78, 5) is 12.9. The second-order valence-electron chi connectivity index (χ2n) is 5.46. The van der Waals surface area contributed by atoms with Crippen molar-refractivity contribution in [1.82, 2.24) is 4.90 Å². The number of aliphatic hydroxyl groups is 1. The molecule has 1 heterocycles. The molecule has 0 aromatic heterocycles. The van der Waals surface area contributed by atoms with Gasteiger partial charge in [0, 0.05) is 19.5 Å². The Labute approximate surface area is 96.3 Å². The third-order valence-corrected chi connectivity index (χ3v) is 4.14. The number of piperidine rings is 1. The number of carboxylic acid groups (broad SMARTS) is 1. The highest BCUT2D eigenvalue weighted by atomic mass is 16.4. The van der Waals surface area contributed by atoms with Gasteiger partial charge in [-0.05, 0) is 44.1 Å². The number of hydrogen-bond acceptors (Lipinski definition) is 3. The van der Waals surface area contributed by atoms with Crippen LogP contribution >= 0.6 is 0 Å². The van der Waals surface area contributed by atoms with E-state index in [1.807, 2.05) is 0 Å². The molecule has 2 unspecified atom stereocenters. The number of hydrogen-bond donors (Lipinski definition) is 2. The molecule has 1 aliphatic carbocycles. The van der Waals surface area contributed by atoms with Crippen LogP contribution in [0, 0.1) is 17.8 Å². The molecule has 1 saturated carbocycles. The van der Waals surface area contributed by atoms with Gasteiger partial charge in [0.15, 0.2) is 0 Å². The molecule has 2 fully saturated rings. The number of rotatable bonds is 3. The smallest absolute Gasteiger partial charge is 0.303 e. The fourth-order valence-electron chi connectivity index (χ4n) is 3.59. The summed E-state index contributed by atoms with van der Waals surface area (Å²) in [6.07, 6.45) is 2.60. The second kappa shape index (κ2) is 4.72. The Balaban J connectivity index is 1.99. The maximum atomic E-state index is 10.6. The van der Waals surface area contributed by atoms with Gasteiger partial charge in [-0.1, -0.05) is 0 Å². The van der Waals surface area contributed by atoms with Crippen molar-refractivity contribution in [2.45, 2.75) is 31.8 Å². The van der Waals surface area contributed by atoms with Gasteiger partial charge in [-0.3, -0.25) is 4.79 Å². The Morgan fingerprint density at radius 3 is 2.38 bits per heavy atom. The first-order chi connectivity index (χ1) is 7.56. The summed E-state index contributed by atoms with van der Waals surface area (Å²) < 4.78 is 0. The Bertz CT molecular complexity index is 239. The lowest BCUT2D eigenvalue weighted by Crippen LogP contribution is -2.50. The lowest BCUT2D eigenvalue weighted by atomic mass is 9.66. The van der Waals surface area contributed by atoms with Gasteiger partial charge in [-0.15, -0.1) is 0 Å². The van der Waals surface area contributed by atoms with E-state index in [0.29, 0.717) is 17.8 Å². The van der Waals surface area contributed by atoms with Crippen LogP contribution in [0.5, 0.6) is 0 Å². The molecule has 2 rings (SSSR count). The van der Waals surface area contributed by atoms with Gasteiger partial charge < -0.3 is 15.1 Å². The van der Waals surface area contributed by atoms with Crippen molar-refractivity contribution < 1.29 is 15.0 Å². The molecule has 0 aromatic rings. The van der Waals surface area contributed by atoms with Crippen LogP contribution in [0.3, 0.4) is 0 Å². The molecule has 4 heteroatoms. The van der Waals surface area contributed by atoms with Crippen molar-refractivity contribution in [3.05, 3.63) is 0 Å². The Kier molecular flexibility index (Phi) is 3.50. The molecular formula is C12H21NO3. The van der Waals surface area contributed by atoms with E-state index < -0.39 is 5.97 Å². The zero-order valence-electron chi connectivity index (χ0n) is 9.80. The molecule has 0 aromatic carbocycles. The highest BCUT2D eigenvalue weighted by Crippen LogP contribution is 2.41. The standard InChI is InChI=1S/C12H21NO3/c1-13-6-8-4-10(14)5-9(7-13)11(8)2-3-12(15)16/h8-11,14H,2-7H2,1H3,(H,15,16). The first-order valence-electron chi connectivity index (χ1n) is 6.14. The average molecular weight is 227 g/mol. The summed E-state index contributed by atoms with van der Waals surface area (Å²) in [7, 11) is 2.12. The highest BCUT2D eigenvalue weighted by molar-refractivity contribution is 5.66. The number of carbonyl (C=O) groups is 1. The van der Waals surface area contributed by atoms with Crippen LogP contribution in [0.1, 0.15) is 25.7 Å². The van der Waals surface area contributed by atoms with Crippen molar-refractivity contribution in [3.63, 3.8) is 0 Å². The normalized spacial score (nSPS) is 39.6. The minimum Gasteiger partial charge on any atom is -0.481 e. The van der Waals surface area contributed by atoms with Gasteiger partial charge in [0.05, 0.1) is 6.10 Å². The Morgan fingerprint density at radius 2 is 1.88 bits per heavy atom. The maximum absolute atomic E-state index is 10.6. The van der Waals surface area contributed by atoms with Crippen molar-refractivity contribution >= 4 is 5.97 Å². The zero-order valence-corrected chi connectivity index (χ0v) is 9.80. The van der Waals surface area contributed by atoms with Crippen LogP contribution in [0.4, 0.5) is 0 Å². The first kappa shape index (κ1) is 11.9. The molecule has 1 saturated heterocycles. The van der Waals surface area contributed by atoms with Crippen molar-refractivity contribution in [1.29, 1.82) is 0 Å². The predicted octanol–water partition coefficient (Wildman–Crippen LogP) is 0.800. The molecule has 2 atom stereocenters. The summed E-state index contributed by atoms with van der Waals surface area (Å²) in [6, 6.07) is 0. The third kappa shape index (κ3) is 2.55. The maximum Gasteiger partial charge on any atom is 0.303 e. The van der Waals surface area contributed by atoms with E-state index in [-0.39, 0.29) is 12.5 Å². The molecule has 2 aliphatic rings. The highest BCUT2D eigenvalue weighted by Gasteiger charge is 2.41. The molecule has 0 spiro atoms. The summed E-state index contributed by atoms with van der Waals surface area (Å²) in [5.41, 5.74) is 0. The second-order valence-corrected chi connectivity index (χ2v) is 5.46. The number of carboxylic acids is 1. The minimum atomic E-state index is -0.697.